The number of carbonyl (C=O) groups excluding carboxylic acids is 6. The van der Waals surface area contributed by atoms with Crippen LogP contribution in [0.25, 0.3) is 0 Å². The lowest BCUT2D eigenvalue weighted by molar-refractivity contribution is -0.140. The highest BCUT2D eigenvalue weighted by Gasteiger charge is 2.35. The summed E-state index contributed by atoms with van der Waals surface area (Å²) in [7, 11) is 1.43. The first-order valence-electron chi connectivity index (χ1n) is 10.4. The van der Waals surface area contributed by atoms with E-state index in [9.17, 15) is 28.8 Å². The molecule has 0 bridgehead atoms. The number of hydrogen-bond donors (Lipinski definition) is 7. The highest BCUT2D eigenvalue weighted by molar-refractivity contribution is 7.80. The standard InChI is InChI=1S/C19H32N6O6S2/c1-10(16(28)24-12(8-32)17(29)20-3)22-19(31)14-5-4-6-25(14)15(27)7-21-18(30)13(9-33)23-11(2)26/h10,12-14,32-33H,4-9H2,1-3H3,(H,20,29)(H,21,30)(H,22,31)(H,23,26)(H,24,28)/t10-,12+,13+,14+/m1/s1. The van der Waals surface area contributed by atoms with Gasteiger partial charge in [-0.15, -0.1) is 0 Å². The highest BCUT2D eigenvalue weighted by atomic mass is 32.1. The van der Waals surface area contributed by atoms with Crippen LogP contribution in [-0.4, -0.2) is 96.2 Å². The van der Waals surface area contributed by atoms with Crippen LogP contribution >= 0.6 is 25.3 Å². The molecule has 1 heterocycles. The van der Waals surface area contributed by atoms with Crippen molar-refractivity contribution in [2.45, 2.75) is 50.9 Å². The molecule has 1 aliphatic rings. The molecule has 12 nitrogen and oxygen atoms in total. The number of nitrogens with zero attached hydrogens (tertiary/aromatic N) is 1. The van der Waals surface area contributed by atoms with Gasteiger partial charge in [-0.05, 0) is 19.8 Å². The Morgan fingerprint density at radius 3 is 2.09 bits per heavy atom. The monoisotopic (exact) mass is 504 g/mol. The summed E-state index contributed by atoms with van der Waals surface area (Å²) in [6.45, 7) is 2.71. The van der Waals surface area contributed by atoms with Crippen LogP contribution in [0.1, 0.15) is 26.7 Å². The average Bonchev–Trinajstić information content (AvgIpc) is 3.28. The first-order chi connectivity index (χ1) is 15.5. The van der Waals surface area contributed by atoms with Crippen LogP contribution in [0, 0.1) is 0 Å². The van der Waals surface area contributed by atoms with Crippen LogP contribution in [0.3, 0.4) is 0 Å². The third-order valence-corrected chi connectivity index (χ3v) is 5.71. The Morgan fingerprint density at radius 1 is 0.939 bits per heavy atom. The molecule has 1 saturated heterocycles. The van der Waals surface area contributed by atoms with E-state index in [1.807, 2.05) is 0 Å². The Hall–Kier alpha value is -2.48. The SMILES string of the molecule is CNC(=O)[C@H](CS)NC(=O)[C@@H](C)NC(=O)[C@@H]1CCCN1C(=O)CNC(=O)[C@H](CS)NC(C)=O. The molecule has 5 N–H and O–H groups in total. The third-order valence-electron chi connectivity index (χ3n) is 4.98. The van der Waals surface area contributed by atoms with Gasteiger partial charge in [0.05, 0.1) is 6.54 Å². The number of likely N-dealkylation sites (tertiary alicyclic amines) is 1. The molecule has 1 rings (SSSR count). The quantitative estimate of drug-likeness (QED) is 0.150. The molecule has 0 saturated carbocycles. The van der Waals surface area contributed by atoms with Gasteiger partial charge in [0, 0.05) is 32.0 Å². The van der Waals surface area contributed by atoms with Gasteiger partial charge in [0.1, 0.15) is 24.2 Å². The molecule has 14 heteroatoms. The number of nitrogens with one attached hydrogen (secondary N) is 5. The Bertz CT molecular complexity index is 767. The zero-order chi connectivity index (χ0) is 25.1. The molecule has 0 aliphatic carbocycles. The Kier molecular flexibility index (Phi) is 12.1. The van der Waals surface area contributed by atoms with Gasteiger partial charge in [0.2, 0.25) is 35.4 Å². The van der Waals surface area contributed by atoms with Crippen molar-refractivity contribution in [3.63, 3.8) is 0 Å². The molecule has 186 valence electrons. The van der Waals surface area contributed by atoms with Crippen molar-refractivity contribution < 1.29 is 28.8 Å². The predicted octanol–water partition coefficient (Wildman–Crippen LogP) is -2.81. The molecule has 0 aromatic heterocycles. The van der Waals surface area contributed by atoms with Crippen LogP contribution in [0.4, 0.5) is 0 Å². The van der Waals surface area contributed by atoms with Crippen LogP contribution in [0.15, 0.2) is 0 Å². The molecule has 1 fully saturated rings. The van der Waals surface area contributed by atoms with E-state index in [1.54, 1.807) is 0 Å². The van der Waals surface area contributed by atoms with E-state index in [2.05, 4.69) is 51.8 Å². The van der Waals surface area contributed by atoms with Crippen molar-refractivity contribution in [3.8, 4) is 0 Å². The number of thiol groups is 2. The molecule has 1 aliphatic heterocycles. The lowest BCUT2D eigenvalue weighted by Gasteiger charge is -2.26. The molecular weight excluding hydrogens is 472 g/mol. The van der Waals surface area contributed by atoms with Gasteiger partial charge in [0.15, 0.2) is 0 Å². The van der Waals surface area contributed by atoms with Crippen LogP contribution in [-0.2, 0) is 28.8 Å². The Labute approximate surface area is 203 Å². The van der Waals surface area contributed by atoms with E-state index in [-0.39, 0.29) is 18.1 Å². The van der Waals surface area contributed by atoms with Crippen LogP contribution in [0.5, 0.6) is 0 Å². The van der Waals surface area contributed by atoms with Gasteiger partial charge >= 0.3 is 0 Å². The first-order valence-corrected chi connectivity index (χ1v) is 11.7. The smallest absolute Gasteiger partial charge is 0.243 e. The van der Waals surface area contributed by atoms with Gasteiger partial charge in [-0.25, -0.2) is 0 Å². The minimum absolute atomic E-state index is 0.0578. The van der Waals surface area contributed by atoms with E-state index in [0.29, 0.717) is 19.4 Å². The van der Waals surface area contributed by atoms with Crippen molar-refractivity contribution in [3.05, 3.63) is 0 Å². The fourth-order valence-electron chi connectivity index (χ4n) is 3.20. The second-order valence-electron chi connectivity index (χ2n) is 7.49. The van der Waals surface area contributed by atoms with Crippen molar-refractivity contribution in [1.29, 1.82) is 0 Å². The number of likely N-dealkylation sites (N-methyl/N-ethyl adjacent to an activating group) is 1. The molecule has 0 radical (unpaired) electrons. The minimum Gasteiger partial charge on any atom is -0.357 e. The summed E-state index contributed by atoms with van der Waals surface area (Å²) >= 11 is 8.05. The van der Waals surface area contributed by atoms with E-state index < -0.39 is 59.6 Å². The largest absolute Gasteiger partial charge is 0.357 e. The molecule has 0 unspecified atom stereocenters. The molecule has 0 spiro atoms. The maximum atomic E-state index is 12.7. The van der Waals surface area contributed by atoms with Gasteiger partial charge in [0.25, 0.3) is 0 Å². The summed E-state index contributed by atoms with van der Waals surface area (Å²) in [6, 6.07) is -3.47. The van der Waals surface area contributed by atoms with Crippen molar-refractivity contribution in [2.24, 2.45) is 0 Å². The predicted molar refractivity (Wildman–Crippen MR) is 127 cm³/mol. The molecule has 6 amide bonds. The van der Waals surface area contributed by atoms with E-state index in [0.717, 1.165) is 0 Å². The zero-order valence-corrected chi connectivity index (χ0v) is 20.6. The molecule has 0 aromatic carbocycles. The fourth-order valence-corrected chi connectivity index (χ4v) is 3.72. The molecular formula is C19H32N6O6S2. The third kappa shape index (κ3) is 8.76. The Morgan fingerprint density at radius 2 is 1.55 bits per heavy atom. The van der Waals surface area contributed by atoms with E-state index in [4.69, 9.17) is 0 Å². The summed E-state index contributed by atoms with van der Waals surface area (Å²) in [5, 5.41) is 12.3. The number of carbonyl (C=O) groups is 6. The van der Waals surface area contributed by atoms with Crippen LogP contribution < -0.4 is 26.6 Å². The van der Waals surface area contributed by atoms with Gasteiger partial charge in [-0.1, -0.05) is 0 Å². The molecule has 33 heavy (non-hydrogen) atoms. The average molecular weight is 505 g/mol. The zero-order valence-electron chi connectivity index (χ0n) is 18.8. The first kappa shape index (κ1) is 28.6. The summed E-state index contributed by atoms with van der Waals surface area (Å²) in [4.78, 5) is 74.0. The van der Waals surface area contributed by atoms with Crippen molar-refractivity contribution in [2.75, 3.05) is 31.6 Å². The second-order valence-corrected chi connectivity index (χ2v) is 8.22. The minimum atomic E-state index is -0.949. The summed E-state index contributed by atoms with van der Waals surface area (Å²) in [5.41, 5.74) is 0. The molecule has 4 atom stereocenters. The maximum Gasteiger partial charge on any atom is 0.243 e. The number of hydrogen-bond acceptors (Lipinski definition) is 8. The van der Waals surface area contributed by atoms with Crippen molar-refractivity contribution in [1.82, 2.24) is 31.5 Å². The van der Waals surface area contributed by atoms with Gasteiger partial charge < -0.3 is 31.5 Å². The highest BCUT2D eigenvalue weighted by Crippen LogP contribution is 2.17. The van der Waals surface area contributed by atoms with Gasteiger partial charge in [-0.2, -0.15) is 25.3 Å². The second kappa shape index (κ2) is 13.9. The Balaban J connectivity index is 2.64. The van der Waals surface area contributed by atoms with Gasteiger partial charge in [-0.3, -0.25) is 28.8 Å². The lowest BCUT2D eigenvalue weighted by atomic mass is 10.1. The molecule has 0 aromatic rings. The number of rotatable bonds is 11. The maximum absolute atomic E-state index is 12.7. The normalized spacial score (nSPS) is 17.8. The number of amides is 6. The topological polar surface area (TPSA) is 166 Å². The lowest BCUT2D eigenvalue weighted by Crippen LogP contribution is -2.56. The van der Waals surface area contributed by atoms with E-state index >= 15 is 0 Å². The summed E-state index contributed by atoms with van der Waals surface area (Å²) in [5.74, 6) is -2.77. The van der Waals surface area contributed by atoms with Crippen molar-refractivity contribution >= 4 is 60.7 Å². The van der Waals surface area contributed by atoms with Crippen LogP contribution in [0.2, 0.25) is 0 Å². The summed E-state index contributed by atoms with van der Waals surface area (Å²) < 4.78 is 0. The summed E-state index contributed by atoms with van der Waals surface area (Å²) in [6.07, 6.45) is 0.991. The fraction of sp³-hybridized carbons (Fsp3) is 0.684. The van der Waals surface area contributed by atoms with E-state index in [1.165, 1.54) is 25.8 Å².